The number of nitrogens with two attached hydrogens (primary N) is 1. The lowest BCUT2D eigenvalue weighted by Gasteiger charge is -2.19. The quantitative estimate of drug-likeness (QED) is 0.666. The maximum atomic E-state index is 11.5. The van der Waals surface area contributed by atoms with Crippen molar-refractivity contribution in [2.24, 2.45) is 23.5 Å². The van der Waals surface area contributed by atoms with E-state index in [9.17, 15) is 4.79 Å². The molecular weight excluding hydrogens is 224 g/mol. The SMILES string of the molecule is CC(C)CCC(=O)NCC(N)CC(C)CC(C)C. The van der Waals surface area contributed by atoms with E-state index in [-0.39, 0.29) is 11.9 Å². The Morgan fingerprint density at radius 3 is 2.17 bits per heavy atom. The van der Waals surface area contributed by atoms with Crippen LogP contribution in [0.1, 0.15) is 60.3 Å². The first-order valence-electron chi connectivity index (χ1n) is 7.33. The highest BCUT2D eigenvalue weighted by Gasteiger charge is 2.12. The normalized spacial score (nSPS) is 14.9. The Labute approximate surface area is 113 Å². The number of hydrogen-bond donors (Lipinski definition) is 2. The number of nitrogens with one attached hydrogen (secondary N) is 1. The fourth-order valence-electron chi connectivity index (χ4n) is 2.25. The molecule has 0 aromatic carbocycles. The average molecular weight is 256 g/mol. The van der Waals surface area contributed by atoms with Crippen molar-refractivity contribution in [2.45, 2.75) is 66.3 Å². The molecule has 0 radical (unpaired) electrons. The van der Waals surface area contributed by atoms with Gasteiger partial charge in [-0.2, -0.15) is 0 Å². The summed E-state index contributed by atoms with van der Waals surface area (Å²) in [5, 5.41) is 2.93. The monoisotopic (exact) mass is 256 g/mol. The van der Waals surface area contributed by atoms with Crippen LogP contribution in [0.3, 0.4) is 0 Å². The fourth-order valence-corrected chi connectivity index (χ4v) is 2.25. The molecule has 0 aliphatic heterocycles. The molecule has 0 fully saturated rings. The minimum absolute atomic E-state index is 0.0850. The number of carbonyl (C=O) groups excluding carboxylic acids is 1. The summed E-state index contributed by atoms with van der Waals surface area (Å²) in [5.74, 6) is 2.06. The largest absolute Gasteiger partial charge is 0.355 e. The van der Waals surface area contributed by atoms with E-state index in [1.165, 1.54) is 6.42 Å². The molecular formula is C15H32N2O. The lowest BCUT2D eigenvalue weighted by atomic mass is 9.93. The van der Waals surface area contributed by atoms with E-state index in [4.69, 9.17) is 5.73 Å². The van der Waals surface area contributed by atoms with Gasteiger partial charge >= 0.3 is 0 Å². The second kappa shape index (κ2) is 9.37. The zero-order chi connectivity index (χ0) is 14.1. The summed E-state index contributed by atoms with van der Waals surface area (Å²) < 4.78 is 0. The van der Waals surface area contributed by atoms with Crippen molar-refractivity contribution >= 4 is 5.91 Å². The minimum atomic E-state index is 0.0850. The standard InChI is InChI=1S/C15H32N2O/c1-11(2)6-7-15(18)17-10-14(16)9-13(5)8-12(3)4/h11-14H,6-10,16H2,1-5H3,(H,17,18). The Morgan fingerprint density at radius 1 is 1.06 bits per heavy atom. The van der Waals surface area contributed by atoms with Crippen molar-refractivity contribution in [1.82, 2.24) is 5.32 Å². The molecule has 3 N–H and O–H groups in total. The molecule has 0 saturated heterocycles. The van der Waals surface area contributed by atoms with Gasteiger partial charge < -0.3 is 11.1 Å². The van der Waals surface area contributed by atoms with Crippen molar-refractivity contribution in [3.8, 4) is 0 Å². The van der Waals surface area contributed by atoms with Gasteiger partial charge in [-0.15, -0.1) is 0 Å². The van der Waals surface area contributed by atoms with Gasteiger partial charge in [0.2, 0.25) is 5.91 Å². The third-order valence-electron chi connectivity index (χ3n) is 3.09. The third kappa shape index (κ3) is 10.6. The second-order valence-corrected chi connectivity index (χ2v) is 6.47. The first-order chi connectivity index (χ1) is 8.31. The zero-order valence-electron chi connectivity index (χ0n) is 12.8. The van der Waals surface area contributed by atoms with Gasteiger partial charge in [-0.25, -0.2) is 0 Å². The lowest BCUT2D eigenvalue weighted by molar-refractivity contribution is -0.121. The van der Waals surface area contributed by atoms with Crippen LogP contribution in [0.4, 0.5) is 0 Å². The predicted octanol–water partition coefficient (Wildman–Crippen LogP) is 2.94. The van der Waals surface area contributed by atoms with Crippen LogP contribution in [0.2, 0.25) is 0 Å². The molecule has 2 atom stereocenters. The Bertz CT molecular complexity index is 227. The molecule has 1 amide bonds. The van der Waals surface area contributed by atoms with Gasteiger partial charge in [0.25, 0.3) is 0 Å². The van der Waals surface area contributed by atoms with Crippen molar-refractivity contribution in [3.05, 3.63) is 0 Å². The van der Waals surface area contributed by atoms with E-state index < -0.39 is 0 Å². The van der Waals surface area contributed by atoms with E-state index in [1.54, 1.807) is 0 Å². The molecule has 18 heavy (non-hydrogen) atoms. The van der Waals surface area contributed by atoms with Crippen molar-refractivity contribution in [3.63, 3.8) is 0 Å². The number of hydrogen-bond acceptors (Lipinski definition) is 2. The molecule has 3 heteroatoms. The fraction of sp³-hybridized carbons (Fsp3) is 0.933. The minimum Gasteiger partial charge on any atom is -0.355 e. The molecule has 3 nitrogen and oxygen atoms in total. The highest BCUT2D eigenvalue weighted by Crippen LogP contribution is 2.15. The van der Waals surface area contributed by atoms with Gasteiger partial charge in [0.15, 0.2) is 0 Å². The van der Waals surface area contributed by atoms with Gasteiger partial charge in [0.05, 0.1) is 0 Å². The van der Waals surface area contributed by atoms with Crippen molar-refractivity contribution in [1.29, 1.82) is 0 Å². The van der Waals surface area contributed by atoms with Crippen LogP contribution in [0.25, 0.3) is 0 Å². The van der Waals surface area contributed by atoms with Gasteiger partial charge in [-0.3, -0.25) is 4.79 Å². The number of carbonyl (C=O) groups is 1. The van der Waals surface area contributed by atoms with Crippen LogP contribution < -0.4 is 11.1 Å². The van der Waals surface area contributed by atoms with E-state index in [2.05, 4.69) is 39.9 Å². The van der Waals surface area contributed by atoms with Gasteiger partial charge in [-0.05, 0) is 37.0 Å². The molecule has 0 heterocycles. The third-order valence-corrected chi connectivity index (χ3v) is 3.09. The Hall–Kier alpha value is -0.570. The topological polar surface area (TPSA) is 55.1 Å². The highest BCUT2D eigenvalue weighted by atomic mass is 16.1. The Kier molecular flexibility index (Phi) is 9.08. The van der Waals surface area contributed by atoms with Crippen molar-refractivity contribution in [2.75, 3.05) is 6.54 Å². The summed E-state index contributed by atoms with van der Waals surface area (Å²) in [4.78, 5) is 11.5. The highest BCUT2D eigenvalue weighted by molar-refractivity contribution is 5.75. The number of rotatable bonds is 9. The molecule has 0 aromatic heterocycles. The first-order valence-corrected chi connectivity index (χ1v) is 7.33. The van der Waals surface area contributed by atoms with Crippen LogP contribution in [0.5, 0.6) is 0 Å². The summed E-state index contributed by atoms with van der Waals surface area (Å²) in [7, 11) is 0. The maximum Gasteiger partial charge on any atom is 0.220 e. The molecule has 0 bridgehead atoms. The first kappa shape index (κ1) is 17.4. The summed E-state index contributed by atoms with van der Waals surface area (Å²) in [6, 6.07) is 0.0850. The van der Waals surface area contributed by atoms with Gasteiger partial charge in [0.1, 0.15) is 0 Å². The predicted molar refractivity (Wildman–Crippen MR) is 78.3 cm³/mol. The summed E-state index contributed by atoms with van der Waals surface area (Å²) in [5.41, 5.74) is 6.04. The Balaban J connectivity index is 3.69. The molecule has 108 valence electrons. The van der Waals surface area contributed by atoms with Crippen LogP contribution in [-0.2, 0) is 4.79 Å². The van der Waals surface area contributed by atoms with Crippen LogP contribution >= 0.6 is 0 Å². The number of amides is 1. The zero-order valence-corrected chi connectivity index (χ0v) is 12.8. The molecule has 0 saturated carbocycles. The molecule has 0 spiro atoms. The van der Waals surface area contributed by atoms with Crippen LogP contribution in [0, 0.1) is 17.8 Å². The summed E-state index contributed by atoms with van der Waals surface area (Å²) in [6.45, 7) is 11.6. The van der Waals surface area contributed by atoms with Crippen LogP contribution in [0.15, 0.2) is 0 Å². The summed E-state index contributed by atoms with van der Waals surface area (Å²) in [6.07, 6.45) is 3.76. The van der Waals surface area contributed by atoms with E-state index in [0.717, 1.165) is 12.8 Å². The molecule has 0 aliphatic carbocycles. The maximum absolute atomic E-state index is 11.5. The van der Waals surface area contributed by atoms with E-state index >= 15 is 0 Å². The average Bonchev–Trinajstić information content (AvgIpc) is 2.22. The van der Waals surface area contributed by atoms with Gasteiger partial charge in [-0.1, -0.05) is 34.6 Å². The van der Waals surface area contributed by atoms with Gasteiger partial charge in [0, 0.05) is 19.0 Å². The summed E-state index contributed by atoms with van der Waals surface area (Å²) >= 11 is 0. The molecule has 0 aromatic rings. The molecule has 0 aliphatic rings. The second-order valence-electron chi connectivity index (χ2n) is 6.47. The van der Waals surface area contributed by atoms with E-state index in [1.807, 2.05) is 0 Å². The Morgan fingerprint density at radius 2 is 1.67 bits per heavy atom. The van der Waals surface area contributed by atoms with Crippen molar-refractivity contribution < 1.29 is 4.79 Å². The molecule has 2 unspecified atom stereocenters. The lowest BCUT2D eigenvalue weighted by Crippen LogP contribution is -2.38. The smallest absolute Gasteiger partial charge is 0.220 e. The molecule has 0 rings (SSSR count). The van der Waals surface area contributed by atoms with E-state index in [0.29, 0.717) is 30.7 Å². The van der Waals surface area contributed by atoms with Crippen LogP contribution in [-0.4, -0.2) is 18.5 Å².